The van der Waals surface area contributed by atoms with Gasteiger partial charge in [0.15, 0.2) is 0 Å². The van der Waals surface area contributed by atoms with E-state index in [1.54, 1.807) is 36.7 Å². The van der Waals surface area contributed by atoms with Gasteiger partial charge < -0.3 is 5.32 Å². The Labute approximate surface area is 115 Å². The first kappa shape index (κ1) is 12.2. The lowest BCUT2D eigenvalue weighted by Crippen LogP contribution is -2.17. The van der Waals surface area contributed by atoms with Gasteiger partial charge in [-0.3, -0.25) is 9.36 Å². The molecule has 0 fully saturated rings. The van der Waals surface area contributed by atoms with Crippen LogP contribution in [0.25, 0.3) is 10.8 Å². The van der Waals surface area contributed by atoms with E-state index in [0.29, 0.717) is 11.3 Å². The fraction of sp³-hybridized carbons (Fsp3) is 0. The second kappa shape index (κ2) is 5.01. The molecule has 0 unspecified atom stereocenters. The number of hydrogen-bond donors (Lipinski definition) is 1. The Kier molecular flexibility index (Phi) is 3.05. The molecular weight excluding hydrogens is 252 g/mol. The van der Waals surface area contributed by atoms with Gasteiger partial charge in [0.25, 0.3) is 0 Å². The Morgan fingerprint density at radius 2 is 1.55 bits per heavy atom. The molecule has 0 saturated carbocycles. The Bertz CT molecular complexity index is 740. The maximum atomic E-state index is 12.1. The van der Waals surface area contributed by atoms with Crippen molar-refractivity contribution in [2.75, 3.05) is 5.32 Å². The van der Waals surface area contributed by atoms with Crippen LogP contribution in [0.3, 0.4) is 0 Å². The molecule has 0 atom stereocenters. The SMILES string of the molecule is O=Cc1ccc(NC(=O)n2cc3ccccc3c2)cc1. The van der Waals surface area contributed by atoms with E-state index in [4.69, 9.17) is 0 Å². The van der Waals surface area contributed by atoms with E-state index >= 15 is 0 Å². The van der Waals surface area contributed by atoms with E-state index in [1.807, 2.05) is 24.3 Å². The number of hydrogen-bond acceptors (Lipinski definition) is 2. The maximum Gasteiger partial charge on any atom is 0.329 e. The van der Waals surface area contributed by atoms with Crippen LogP contribution >= 0.6 is 0 Å². The third-order valence-corrected chi connectivity index (χ3v) is 3.08. The summed E-state index contributed by atoms with van der Waals surface area (Å²) in [5.41, 5.74) is 1.23. The number of aromatic nitrogens is 1. The number of nitrogens with one attached hydrogen (secondary N) is 1. The summed E-state index contributed by atoms with van der Waals surface area (Å²) >= 11 is 0. The molecule has 0 aliphatic carbocycles. The summed E-state index contributed by atoms with van der Waals surface area (Å²) in [7, 11) is 0. The summed E-state index contributed by atoms with van der Waals surface area (Å²) in [4.78, 5) is 22.7. The quantitative estimate of drug-likeness (QED) is 0.720. The third kappa shape index (κ3) is 2.31. The second-order valence-corrected chi connectivity index (χ2v) is 4.46. The summed E-state index contributed by atoms with van der Waals surface area (Å²) in [6.07, 6.45) is 4.33. The van der Waals surface area contributed by atoms with Crippen LogP contribution < -0.4 is 5.32 Å². The van der Waals surface area contributed by atoms with Gasteiger partial charge >= 0.3 is 6.03 Å². The number of benzene rings is 2. The fourth-order valence-corrected chi connectivity index (χ4v) is 2.03. The Morgan fingerprint density at radius 1 is 0.950 bits per heavy atom. The van der Waals surface area contributed by atoms with Gasteiger partial charge in [0, 0.05) is 23.6 Å². The molecule has 0 aliphatic rings. The lowest BCUT2D eigenvalue weighted by atomic mass is 10.2. The van der Waals surface area contributed by atoms with E-state index in [2.05, 4.69) is 5.32 Å². The minimum atomic E-state index is -0.236. The van der Waals surface area contributed by atoms with E-state index in [9.17, 15) is 9.59 Å². The first-order valence-corrected chi connectivity index (χ1v) is 6.19. The standard InChI is InChI=1S/C16H12N2O2/c19-11-12-5-7-15(8-6-12)17-16(20)18-9-13-3-1-2-4-14(13)10-18/h1-11H,(H,17,20). The minimum absolute atomic E-state index is 0.236. The van der Waals surface area contributed by atoms with Gasteiger partial charge in [-0.2, -0.15) is 0 Å². The van der Waals surface area contributed by atoms with Gasteiger partial charge in [0.05, 0.1) is 0 Å². The van der Waals surface area contributed by atoms with Crippen LogP contribution in [0.15, 0.2) is 60.9 Å². The average Bonchev–Trinajstić information content (AvgIpc) is 2.92. The summed E-state index contributed by atoms with van der Waals surface area (Å²) in [6.45, 7) is 0. The predicted molar refractivity (Wildman–Crippen MR) is 78.2 cm³/mol. The first-order valence-electron chi connectivity index (χ1n) is 6.19. The number of aldehydes is 1. The van der Waals surface area contributed by atoms with Crippen LogP contribution in [0.2, 0.25) is 0 Å². The number of amides is 1. The maximum absolute atomic E-state index is 12.1. The van der Waals surface area contributed by atoms with Crippen molar-refractivity contribution in [1.82, 2.24) is 4.57 Å². The number of anilines is 1. The number of carbonyl (C=O) groups is 2. The molecule has 1 amide bonds. The smallest absolute Gasteiger partial charge is 0.307 e. The number of fused-ring (bicyclic) bond motifs is 1. The monoisotopic (exact) mass is 264 g/mol. The van der Waals surface area contributed by atoms with E-state index < -0.39 is 0 Å². The van der Waals surface area contributed by atoms with Crippen LogP contribution in [-0.2, 0) is 0 Å². The van der Waals surface area contributed by atoms with Gasteiger partial charge in [-0.1, -0.05) is 24.3 Å². The number of nitrogens with zero attached hydrogens (tertiary/aromatic N) is 1. The zero-order chi connectivity index (χ0) is 13.9. The topological polar surface area (TPSA) is 51.1 Å². The summed E-state index contributed by atoms with van der Waals surface area (Å²) in [6, 6.07) is 14.3. The van der Waals surface area contributed by atoms with E-state index in [0.717, 1.165) is 17.1 Å². The Hall–Kier alpha value is -2.88. The highest BCUT2D eigenvalue weighted by atomic mass is 16.2. The van der Waals surface area contributed by atoms with Crippen molar-refractivity contribution < 1.29 is 9.59 Å². The molecule has 1 N–H and O–H groups in total. The first-order chi connectivity index (χ1) is 9.76. The van der Waals surface area contributed by atoms with Crippen LogP contribution in [0, 0.1) is 0 Å². The molecule has 1 aromatic heterocycles. The van der Waals surface area contributed by atoms with E-state index in [1.165, 1.54) is 4.57 Å². The van der Waals surface area contributed by atoms with Crippen LogP contribution in [-0.4, -0.2) is 16.9 Å². The molecule has 98 valence electrons. The molecule has 20 heavy (non-hydrogen) atoms. The molecule has 4 heteroatoms. The molecule has 3 aromatic rings. The summed E-state index contributed by atoms with van der Waals surface area (Å²) < 4.78 is 1.51. The minimum Gasteiger partial charge on any atom is -0.307 e. The van der Waals surface area contributed by atoms with Gasteiger partial charge in [0.2, 0.25) is 0 Å². The average molecular weight is 264 g/mol. The van der Waals surface area contributed by atoms with Crippen molar-refractivity contribution >= 4 is 28.8 Å². The van der Waals surface area contributed by atoms with E-state index in [-0.39, 0.29) is 6.03 Å². The molecular formula is C16H12N2O2. The highest BCUT2D eigenvalue weighted by Gasteiger charge is 2.06. The molecule has 0 spiro atoms. The zero-order valence-corrected chi connectivity index (χ0v) is 10.6. The molecule has 4 nitrogen and oxygen atoms in total. The van der Waals surface area contributed by atoms with Crippen molar-refractivity contribution in [3.63, 3.8) is 0 Å². The zero-order valence-electron chi connectivity index (χ0n) is 10.6. The molecule has 1 heterocycles. The lowest BCUT2D eigenvalue weighted by molar-refractivity contribution is 0.112. The normalized spacial score (nSPS) is 10.4. The largest absolute Gasteiger partial charge is 0.329 e. The van der Waals surface area contributed by atoms with Crippen LogP contribution in [0.4, 0.5) is 10.5 Å². The van der Waals surface area contributed by atoms with Crippen molar-refractivity contribution in [2.45, 2.75) is 0 Å². The molecule has 0 radical (unpaired) electrons. The molecule has 0 bridgehead atoms. The highest BCUT2D eigenvalue weighted by molar-refractivity contribution is 5.95. The van der Waals surface area contributed by atoms with Crippen molar-refractivity contribution in [1.29, 1.82) is 0 Å². The third-order valence-electron chi connectivity index (χ3n) is 3.08. The summed E-state index contributed by atoms with van der Waals surface area (Å²) in [5.74, 6) is 0. The fourth-order valence-electron chi connectivity index (χ4n) is 2.03. The Morgan fingerprint density at radius 3 is 2.10 bits per heavy atom. The van der Waals surface area contributed by atoms with Crippen LogP contribution in [0.5, 0.6) is 0 Å². The van der Waals surface area contributed by atoms with Gasteiger partial charge in [-0.05, 0) is 35.0 Å². The Balaban J connectivity index is 1.82. The predicted octanol–water partition coefficient (Wildman–Crippen LogP) is 3.53. The molecule has 0 aliphatic heterocycles. The highest BCUT2D eigenvalue weighted by Crippen LogP contribution is 2.15. The van der Waals surface area contributed by atoms with Crippen molar-refractivity contribution in [2.24, 2.45) is 0 Å². The lowest BCUT2D eigenvalue weighted by Gasteiger charge is -2.05. The number of carbonyl (C=O) groups excluding carboxylic acids is 2. The molecule has 0 saturated heterocycles. The second-order valence-electron chi connectivity index (χ2n) is 4.46. The van der Waals surface area contributed by atoms with Crippen LogP contribution in [0.1, 0.15) is 10.4 Å². The van der Waals surface area contributed by atoms with Gasteiger partial charge in [0.1, 0.15) is 6.29 Å². The van der Waals surface area contributed by atoms with Gasteiger partial charge in [-0.15, -0.1) is 0 Å². The van der Waals surface area contributed by atoms with Crippen molar-refractivity contribution in [3.8, 4) is 0 Å². The molecule has 3 rings (SSSR count). The molecule has 2 aromatic carbocycles. The van der Waals surface area contributed by atoms with Gasteiger partial charge in [-0.25, -0.2) is 4.79 Å². The van der Waals surface area contributed by atoms with Crippen molar-refractivity contribution in [3.05, 3.63) is 66.5 Å². The number of rotatable bonds is 2. The summed E-state index contributed by atoms with van der Waals surface area (Å²) in [5, 5.41) is 4.80.